The van der Waals surface area contributed by atoms with E-state index in [1.165, 1.54) is 41.9 Å². The fourth-order valence-electron chi connectivity index (χ4n) is 4.71. The number of hydrogen-bond acceptors (Lipinski definition) is 7. The molecule has 214 valence electrons. The monoisotopic (exact) mass is 618 g/mol. The van der Waals surface area contributed by atoms with Gasteiger partial charge < -0.3 is 9.47 Å². The van der Waals surface area contributed by atoms with E-state index in [-0.39, 0.29) is 34.1 Å². The highest BCUT2D eigenvalue weighted by Crippen LogP contribution is 2.35. The largest absolute Gasteiger partial charge is 0.497 e. The predicted molar refractivity (Wildman–Crippen MR) is 151 cm³/mol. The summed E-state index contributed by atoms with van der Waals surface area (Å²) >= 11 is 12.4. The molecule has 3 N–H and O–H groups in total. The highest BCUT2D eigenvalue weighted by atomic mass is 35.5. The zero-order chi connectivity index (χ0) is 29.5. The van der Waals surface area contributed by atoms with Crippen molar-refractivity contribution in [3.63, 3.8) is 0 Å². The third-order valence-electron chi connectivity index (χ3n) is 6.58. The van der Waals surface area contributed by atoms with Crippen molar-refractivity contribution in [2.45, 2.75) is 24.3 Å². The summed E-state index contributed by atoms with van der Waals surface area (Å²) in [4.78, 5) is 26.3. The van der Waals surface area contributed by atoms with E-state index < -0.39 is 27.5 Å². The number of aromatic nitrogens is 2. The highest BCUT2D eigenvalue weighted by Gasteiger charge is 2.44. The lowest BCUT2D eigenvalue weighted by Gasteiger charge is -2.32. The first-order chi connectivity index (χ1) is 19.5. The SMILES string of the molecule is COc1cc(C)cc(Oc2ccc(S(=O)(=O)N3CCc4[nH]n(-c5cc(Cl)ccc5Cl)c(=O)c4C3C(=O)NO)cc2)c1. The van der Waals surface area contributed by atoms with Gasteiger partial charge in [0.2, 0.25) is 10.0 Å². The number of fused-ring (bicyclic) bond motifs is 1. The number of rotatable bonds is 7. The van der Waals surface area contributed by atoms with Gasteiger partial charge in [-0.15, -0.1) is 0 Å². The second-order valence-electron chi connectivity index (χ2n) is 9.24. The summed E-state index contributed by atoms with van der Waals surface area (Å²) in [6.45, 7) is 1.73. The van der Waals surface area contributed by atoms with Gasteiger partial charge in [0.25, 0.3) is 11.5 Å². The average Bonchev–Trinajstić information content (AvgIpc) is 3.29. The van der Waals surface area contributed by atoms with E-state index in [1.54, 1.807) is 25.3 Å². The van der Waals surface area contributed by atoms with Gasteiger partial charge >= 0.3 is 0 Å². The quantitative estimate of drug-likeness (QED) is 0.206. The molecule has 3 aromatic carbocycles. The standard InChI is InChI=1S/C27H24Cl2N4O7S/c1-15-11-18(39-2)14-19(12-15)40-17-4-6-20(7-5-17)41(37,38)32-10-9-22-24(25(32)26(34)31-36)27(35)33(30-22)23-13-16(28)3-8-21(23)29/h3-8,11-14,25,30,36H,9-10H2,1-2H3,(H,31,34). The predicted octanol–water partition coefficient (Wildman–Crippen LogP) is 4.38. The number of ether oxygens (including phenoxy) is 2. The van der Waals surface area contributed by atoms with Crippen LogP contribution in [0.3, 0.4) is 0 Å². The molecule has 1 unspecified atom stereocenters. The van der Waals surface area contributed by atoms with E-state index >= 15 is 0 Å². The molecule has 1 amide bonds. The Hall–Kier alpha value is -3.81. The summed E-state index contributed by atoms with van der Waals surface area (Å²) in [7, 11) is -2.78. The summed E-state index contributed by atoms with van der Waals surface area (Å²) < 4.78 is 40.6. The number of nitrogens with one attached hydrogen (secondary N) is 2. The van der Waals surface area contributed by atoms with Crippen molar-refractivity contribution in [3.05, 3.63) is 97.9 Å². The lowest BCUT2D eigenvalue weighted by Crippen LogP contribution is -2.48. The molecule has 2 heterocycles. The minimum Gasteiger partial charge on any atom is -0.497 e. The van der Waals surface area contributed by atoms with Crippen molar-refractivity contribution in [1.82, 2.24) is 19.6 Å². The molecule has 0 saturated heterocycles. The van der Waals surface area contributed by atoms with Gasteiger partial charge in [-0.05, 0) is 67.1 Å². The number of H-pyrrole nitrogens is 1. The Morgan fingerprint density at radius 3 is 2.44 bits per heavy atom. The lowest BCUT2D eigenvalue weighted by atomic mass is 10.0. The van der Waals surface area contributed by atoms with Gasteiger partial charge in [-0.3, -0.25) is 19.9 Å². The average molecular weight is 619 g/mol. The summed E-state index contributed by atoms with van der Waals surface area (Å²) in [5, 5.41) is 12.9. The van der Waals surface area contributed by atoms with Gasteiger partial charge in [0.15, 0.2) is 0 Å². The number of hydrogen-bond donors (Lipinski definition) is 3. The van der Waals surface area contributed by atoms with Crippen LogP contribution in [-0.4, -0.2) is 47.3 Å². The Morgan fingerprint density at radius 1 is 1.05 bits per heavy atom. The highest BCUT2D eigenvalue weighted by molar-refractivity contribution is 7.89. The first kappa shape index (κ1) is 28.7. The molecule has 1 aliphatic rings. The number of carbonyl (C=O) groups excluding carboxylic acids is 1. The Bertz CT molecular complexity index is 1800. The number of aromatic amines is 1. The van der Waals surface area contributed by atoms with Crippen molar-refractivity contribution in [3.8, 4) is 22.9 Å². The zero-order valence-corrected chi connectivity index (χ0v) is 24.0. The van der Waals surface area contributed by atoms with Gasteiger partial charge in [-0.2, -0.15) is 4.31 Å². The first-order valence-electron chi connectivity index (χ1n) is 12.2. The van der Waals surface area contributed by atoms with Crippen LogP contribution in [0.25, 0.3) is 5.69 Å². The molecule has 1 aliphatic heterocycles. The second kappa shape index (κ2) is 11.2. The Balaban J connectivity index is 1.49. The first-order valence-corrected chi connectivity index (χ1v) is 14.4. The molecule has 1 atom stereocenters. The van der Waals surface area contributed by atoms with Crippen LogP contribution in [0, 0.1) is 6.92 Å². The van der Waals surface area contributed by atoms with Crippen molar-refractivity contribution in [2.75, 3.05) is 13.7 Å². The maximum Gasteiger partial charge on any atom is 0.276 e. The van der Waals surface area contributed by atoms with E-state index in [9.17, 15) is 23.2 Å². The minimum absolute atomic E-state index is 0.0839. The van der Waals surface area contributed by atoms with E-state index in [4.69, 9.17) is 32.7 Å². The Kier molecular flexibility index (Phi) is 7.86. The number of aryl methyl sites for hydroxylation is 1. The number of carbonyl (C=O) groups is 1. The van der Waals surface area contributed by atoms with Crippen LogP contribution in [0.1, 0.15) is 22.9 Å². The third kappa shape index (κ3) is 5.44. The number of benzene rings is 3. The second-order valence-corrected chi connectivity index (χ2v) is 12.0. The maximum atomic E-state index is 13.8. The molecule has 5 rings (SSSR count). The zero-order valence-electron chi connectivity index (χ0n) is 21.7. The van der Waals surface area contributed by atoms with Gasteiger partial charge in [-0.1, -0.05) is 23.2 Å². The van der Waals surface area contributed by atoms with Crippen LogP contribution in [0.2, 0.25) is 10.0 Å². The summed E-state index contributed by atoms with van der Waals surface area (Å²) in [6.07, 6.45) is 0.0839. The number of sulfonamides is 1. The molecule has 0 radical (unpaired) electrons. The molecule has 1 aromatic heterocycles. The maximum absolute atomic E-state index is 13.8. The van der Waals surface area contributed by atoms with Crippen molar-refractivity contribution in [2.24, 2.45) is 0 Å². The van der Waals surface area contributed by atoms with Crippen LogP contribution >= 0.6 is 23.2 Å². The molecule has 0 fully saturated rings. The minimum atomic E-state index is -4.33. The van der Waals surface area contributed by atoms with Crippen LogP contribution < -0.4 is 20.5 Å². The van der Waals surface area contributed by atoms with Crippen molar-refractivity contribution >= 4 is 39.1 Å². The number of methoxy groups -OCH3 is 1. The summed E-state index contributed by atoms with van der Waals surface area (Å²) in [5.41, 5.74) is 2.09. The van der Waals surface area contributed by atoms with Crippen molar-refractivity contribution < 1.29 is 27.9 Å². The van der Waals surface area contributed by atoms with E-state index in [1.807, 2.05) is 13.0 Å². The smallest absolute Gasteiger partial charge is 0.276 e. The Morgan fingerprint density at radius 2 is 1.76 bits per heavy atom. The topological polar surface area (TPSA) is 143 Å². The van der Waals surface area contributed by atoms with Gasteiger partial charge in [0.05, 0.1) is 28.3 Å². The van der Waals surface area contributed by atoms with E-state index in [2.05, 4.69) is 5.10 Å². The molecule has 11 nitrogen and oxygen atoms in total. The van der Waals surface area contributed by atoms with Crippen LogP contribution in [-0.2, 0) is 21.2 Å². The summed E-state index contributed by atoms with van der Waals surface area (Å²) in [6, 6.07) is 13.8. The normalized spacial score (nSPS) is 15.3. The molecule has 0 bridgehead atoms. The van der Waals surface area contributed by atoms with Crippen LogP contribution in [0.5, 0.6) is 17.2 Å². The van der Waals surface area contributed by atoms with Gasteiger partial charge in [0, 0.05) is 29.7 Å². The molecule has 41 heavy (non-hydrogen) atoms. The van der Waals surface area contributed by atoms with Crippen LogP contribution in [0.4, 0.5) is 0 Å². The molecule has 0 saturated carbocycles. The number of amides is 1. The lowest BCUT2D eigenvalue weighted by molar-refractivity contribution is -0.133. The molecular weight excluding hydrogens is 595 g/mol. The van der Waals surface area contributed by atoms with Gasteiger partial charge in [0.1, 0.15) is 23.3 Å². The molecule has 14 heteroatoms. The third-order valence-corrected chi connectivity index (χ3v) is 9.02. The number of nitrogens with zero attached hydrogens (tertiary/aromatic N) is 2. The van der Waals surface area contributed by atoms with E-state index in [0.717, 1.165) is 14.6 Å². The molecule has 0 spiro atoms. The Labute approximate surface area is 244 Å². The fourth-order valence-corrected chi connectivity index (χ4v) is 6.64. The fraction of sp³-hybridized carbons (Fsp3) is 0.185. The molecule has 4 aromatic rings. The number of halogens is 2. The molecule has 0 aliphatic carbocycles. The van der Waals surface area contributed by atoms with Crippen LogP contribution in [0.15, 0.2) is 70.4 Å². The van der Waals surface area contributed by atoms with Crippen molar-refractivity contribution in [1.29, 1.82) is 0 Å². The van der Waals surface area contributed by atoms with E-state index in [0.29, 0.717) is 28.0 Å². The van der Waals surface area contributed by atoms with Gasteiger partial charge in [-0.25, -0.2) is 18.6 Å². The summed E-state index contributed by atoms with van der Waals surface area (Å²) in [5.74, 6) is 0.389. The molecular formula is C27H24Cl2N4O7S. The number of hydroxylamine groups is 1.